The van der Waals surface area contributed by atoms with Gasteiger partial charge in [-0.1, -0.05) is 66.7 Å². The maximum Gasteiger partial charge on any atom is 0.185 e. The Morgan fingerprint density at radius 3 is 2.57 bits per heavy atom. The van der Waals surface area contributed by atoms with Gasteiger partial charge in [0.15, 0.2) is 11.5 Å². The molecule has 0 saturated heterocycles. The van der Waals surface area contributed by atoms with Crippen molar-refractivity contribution in [1.29, 1.82) is 0 Å². The molecule has 0 atom stereocenters. The van der Waals surface area contributed by atoms with Crippen molar-refractivity contribution in [3.63, 3.8) is 0 Å². The molecule has 2 aromatic heterocycles. The fourth-order valence-electron chi connectivity index (χ4n) is 3.23. The van der Waals surface area contributed by atoms with Gasteiger partial charge < -0.3 is 4.74 Å². The minimum absolute atomic E-state index is 0.496. The van der Waals surface area contributed by atoms with Gasteiger partial charge in [0.25, 0.3) is 0 Å². The Labute approximate surface area is 172 Å². The zero-order chi connectivity index (χ0) is 20.2. The predicted octanol–water partition coefficient (Wildman–Crippen LogP) is 4.30. The van der Waals surface area contributed by atoms with Crippen molar-refractivity contribution in [3.05, 3.63) is 96.3 Å². The number of hydrogen-bond donors (Lipinski definition) is 1. The minimum Gasteiger partial charge on any atom is -0.488 e. The number of rotatable bonds is 6. The first-order valence-corrected chi connectivity index (χ1v) is 9.52. The van der Waals surface area contributed by atoms with E-state index in [0.717, 1.165) is 27.6 Å². The first-order chi connectivity index (χ1) is 14.9. The summed E-state index contributed by atoms with van der Waals surface area (Å²) in [5, 5.41) is 18.9. The Bertz CT molecular complexity index is 1330. The van der Waals surface area contributed by atoms with E-state index in [9.17, 15) is 0 Å². The molecule has 0 aliphatic heterocycles. The van der Waals surface area contributed by atoms with Gasteiger partial charge >= 0.3 is 0 Å². The second-order valence-corrected chi connectivity index (χ2v) is 6.68. The highest BCUT2D eigenvalue weighted by molar-refractivity contribution is 6.00. The van der Waals surface area contributed by atoms with Gasteiger partial charge in [-0.2, -0.15) is 9.62 Å². The summed E-state index contributed by atoms with van der Waals surface area (Å²) >= 11 is 0. The number of ether oxygens (including phenoxy) is 1. The molecule has 5 rings (SSSR count). The molecule has 0 radical (unpaired) electrons. The molecule has 7 nitrogen and oxygen atoms in total. The third-order valence-electron chi connectivity index (χ3n) is 4.69. The summed E-state index contributed by atoms with van der Waals surface area (Å²) in [6.07, 6.45) is 3.30. The van der Waals surface area contributed by atoms with Crippen molar-refractivity contribution in [3.8, 4) is 5.75 Å². The zero-order valence-electron chi connectivity index (χ0n) is 16.0. The Kier molecular flexibility index (Phi) is 4.75. The molecule has 30 heavy (non-hydrogen) atoms. The first kappa shape index (κ1) is 17.8. The Balaban J connectivity index is 1.39. The Hall–Kier alpha value is -4.26. The smallest absolute Gasteiger partial charge is 0.185 e. The summed E-state index contributed by atoms with van der Waals surface area (Å²) in [4.78, 5) is 0. The van der Waals surface area contributed by atoms with Crippen molar-refractivity contribution in [1.82, 2.24) is 19.8 Å². The maximum absolute atomic E-state index is 5.99. The van der Waals surface area contributed by atoms with E-state index in [1.807, 2.05) is 78.9 Å². The van der Waals surface area contributed by atoms with Gasteiger partial charge in [-0.15, -0.1) is 15.3 Å². The van der Waals surface area contributed by atoms with Crippen LogP contribution >= 0.6 is 0 Å². The van der Waals surface area contributed by atoms with Gasteiger partial charge in [-0.3, -0.25) is 5.43 Å². The monoisotopic (exact) mass is 394 g/mol. The van der Waals surface area contributed by atoms with Crippen molar-refractivity contribution >= 4 is 28.5 Å². The lowest BCUT2D eigenvalue weighted by Gasteiger charge is -2.09. The van der Waals surface area contributed by atoms with Crippen LogP contribution in [0.5, 0.6) is 5.75 Å². The summed E-state index contributed by atoms with van der Waals surface area (Å²) < 4.78 is 7.62. The van der Waals surface area contributed by atoms with Gasteiger partial charge in [0.05, 0.1) is 6.21 Å². The van der Waals surface area contributed by atoms with Crippen molar-refractivity contribution in [2.24, 2.45) is 5.10 Å². The number of aromatic nitrogens is 4. The highest BCUT2D eigenvalue weighted by Gasteiger charge is 2.09. The predicted molar refractivity (Wildman–Crippen MR) is 117 cm³/mol. The van der Waals surface area contributed by atoms with Crippen LogP contribution in [-0.2, 0) is 6.61 Å². The number of anilines is 1. The number of fused-ring (bicyclic) bond motifs is 3. The van der Waals surface area contributed by atoms with E-state index in [1.54, 1.807) is 17.1 Å². The number of para-hydroxylation sites is 1. The van der Waals surface area contributed by atoms with Crippen LogP contribution < -0.4 is 10.2 Å². The maximum atomic E-state index is 5.99. The molecule has 5 aromatic rings. The minimum atomic E-state index is 0.496. The van der Waals surface area contributed by atoms with Crippen LogP contribution in [0.15, 0.2) is 90.3 Å². The molecule has 0 spiro atoms. The average molecular weight is 394 g/mol. The number of nitrogens with zero attached hydrogens (tertiary/aromatic N) is 5. The summed E-state index contributed by atoms with van der Waals surface area (Å²) in [7, 11) is 0. The largest absolute Gasteiger partial charge is 0.488 e. The van der Waals surface area contributed by atoms with Crippen LogP contribution in [-0.4, -0.2) is 26.0 Å². The van der Waals surface area contributed by atoms with Crippen LogP contribution in [0, 0.1) is 0 Å². The van der Waals surface area contributed by atoms with E-state index >= 15 is 0 Å². The van der Waals surface area contributed by atoms with Gasteiger partial charge in [0, 0.05) is 16.3 Å². The summed E-state index contributed by atoms with van der Waals surface area (Å²) in [5.41, 5.74) is 5.74. The van der Waals surface area contributed by atoms with E-state index in [-0.39, 0.29) is 0 Å². The van der Waals surface area contributed by atoms with E-state index in [0.29, 0.717) is 18.1 Å². The molecule has 7 heteroatoms. The lowest BCUT2D eigenvalue weighted by Crippen LogP contribution is -2.01. The lowest BCUT2D eigenvalue weighted by molar-refractivity contribution is 0.306. The standard InChI is InChI=1S/C23H18N6O/c1-2-8-17(9-3-1)15-30-21-13-7-4-10-18(21)14-24-26-22-19-11-5-6-12-20(19)23-27-25-16-29(23)28-22/h1-14,16H,15H2,(H,26,28). The van der Waals surface area contributed by atoms with E-state index in [1.165, 1.54) is 0 Å². The quantitative estimate of drug-likeness (QED) is 0.343. The first-order valence-electron chi connectivity index (χ1n) is 9.52. The van der Waals surface area contributed by atoms with Crippen LogP contribution in [0.25, 0.3) is 16.4 Å². The molecule has 0 bridgehead atoms. The molecule has 2 heterocycles. The van der Waals surface area contributed by atoms with Crippen LogP contribution in [0.2, 0.25) is 0 Å². The number of nitrogens with one attached hydrogen (secondary N) is 1. The van der Waals surface area contributed by atoms with Crippen molar-refractivity contribution in [2.45, 2.75) is 6.61 Å². The molecule has 1 N–H and O–H groups in total. The van der Waals surface area contributed by atoms with E-state index in [4.69, 9.17) is 4.74 Å². The van der Waals surface area contributed by atoms with Crippen LogP contribution in [0.1, 0.15) is 11.1 Å². The molecular formula is C23H18N6O. The summed E-state index contributed by atoms with van der Waals surface area (Å²) in [6.45, 7) is 0.496. The molecule has 0 saturated carbocycles. The van der Waals surface area contributed by atoms with E-state index < -0.39 is 0 Å². The Morgan fingerprint density at radius 2 is 1.67 bits per heavy atom. The van der Waals surface area contributed by atoms with Crippen molar-refractivity contribution in [2.75, 3.05) is 5.43 Å². The highest BCUT2D eigenvalue weighted by Crippen LogP contribution is 2.24. The van der Waals surface area contributed by atoms with Crippen LogP contribution in [0.4, 0.5) is 5.82 Å². The number of hydrazone groups is 1. The number of hydrogen-bond acceptors (Lipinski definition) is 6. The molecule has 0 unspecified atom stereocenters. The van der Waals surface area contributed by atoms with Gasteiger partial charge in [0.1, 0.15) is 18.7 Å². The fraction of sp³-hybridized carbons (Fsp3) is 0.0435. The summed E-state index contributed by atoms with van der Waals surface area (Å²) in [6, 6.07) is 25.7. The highest BCUT2D eigenvalue weighted by atomic mass is 16.5. The zero-order valence-corrected chi connectivity index (χ0v) is 16.0. The number of benzene rings is 3. The van der Waals surface area contributed by atoms with Crippen molar-refractivity contribution < 1.29 is 4.74 Å². The molecular weight excluding hydrogens is 376 g/mol. The average Bonchev–Trinajstić information content (AvgIpc) is 3.28. The van der Waals surface area contributed by atoms with Gasteiger partial charge in [0.2, 0.25) is 0 Å². The molecule has 0 aliphatic rings. The molecule has 0 amide bonds. The SMILES string of the molecule is C(=NNc1nn2cnnc2c2ccccc12)c1ccccc1OCc1ccccc1. The second-order valence-electron chi connectivity index (χ2n) is 6.68. The van der Waals surface area contributed by atoms with Gasteiger partial charge in [-0.25, -0.2) is 0 Å². The molecule has 0 fully saturated rings. The second kappa shape index (κ2) is 8.00. The molecule has 3 aromatic carbocycles. The molecule has 0 aliphatic carbocycles. The van der Waals surface area contributed by atoms with E-state index in [2.05, 4.69) is 25.8 Å². The van der Waals surface area contributed by atoms with Gasteiger partial charge in [-0.05, 0) is 17.7 Å². The fourth-order valence-corrected chi connectivity index (χ4v) is 3.23. The topological polar surface area (TPSA) is 76.7 Å². The third kappa shape index (κ3) is 3.56. The Morgan fingerprint density at radius 1 is 0.900 bits per heavy atom. The normalized spacial score (nSPS) is 11.3. The summed E-state index contributed by atoms with van der Waals surface area (Å²) in [5.74, 6) is 1.39. The lowest BCUT2D eigenvalue weighted by atomic mass is 10.2. The third-order valence-corrected chi connectivity index (χ3v) is 4.69. The molecule has 146 valence electrons. The van der Waals surface area contributed by atoms with Crippen LogP contribution in [0.3, 0.4) is 0 Å².